The van der Waals surface area contributed by atoms with Gasteiger partial charge in [0.2, 0.25) is 5.96 Å². The lowest BCUT2D eigenvalue weighted by Gasteiger charge is -2.11. The molecule has 0 bridgehead atoms. The minimum atomic E-state index is -0.522. The molecule has 8 heteroatoms. The maximum Gasteiger partial charge on any atom is 0.343 e. The molecule has 0 amide bonds. The van der Waals surface area contributed by atoms with Gasteiger partial charge in [0.25, 0.3) is 0 Å². The van der Waals surface area contributed by atoms with Gasteiger partial charge in [0.1, 0.15) is 5.75 Å². The molecule has 0 heterocycles. The van der Waals surface area contributed by atoms with Crippen molar-refractivity contribution in [2.75, 3.05) is 13.7 Å². The van der Waals surface area contributed by atoms with E-state index in [1.807, 2.05) is 6.92 Å². The molecule has 0 aliphatic rings. The molecule has 0 aliphatic carbocycles. The quantitative estimate of drug-likeness (QED) is 0.257. The highest BCUT2D eigenvalue weighted by Gasteiger charge is 2.14. The average molecular weight is 356 g/mol. The summed E-state index contributed by atoms with van der Waals surface area (Å²) in [4.78, 5) is 12.4. The molecule has 2 aromatic rings. The van der Waals surface area contributed by atoms with Gasteiger partial charge in [-0.3, -0.25) is 0 Å². The van der Waals surface area contributed by atoms with Crippen molar-refractivity contribution in [1.29, 1.82) is 0 Å². The number of methoxy groups -OCH3 is 1. The zero-order chi connectivity index (χ0) is 18.9. The third-order valence-corrected chi connectivity index (χ3v) is 3.16. The highest BCUT2D eigenvalue weighted by molar-refractivity contribution is 5.92. The maximum atomic E-state index is 12.4. The predicted molar refractivity (Wildman–Crippen MR) is 99.0 cm³/mol. The molecule has 0 fully saturated rings. The van der Waals surface area contributed by atoms with E-state index in [2.05, 4.69) is 10.2 Å². The molecule has 0 radical (unpaired) electrons. The van der Waals surface area contributed by atoms with Gasteiger partial charge in [-0.05, 0) is 48.9 Å². The van der Waals surface area contributed by atoms with Gasteiger partial charge in [0, 0.05) is 0 Å². The molecule has 26 heavy (non-hydrogen) atoms. The lowest BCUT2D eigenvalue weighted by Crippen LogP contribution is -2.21. The molecule has 0 atom stereocenters. The first-order valence-corrected chi connectivity index (χ1v) is 7.78. The Labute approximate surface area is 151 Å². The first-order valence-electron chi connectivity index (χ1n) is 7.78. The Morgan fingerprint density at radius 3 is 2.65 bits per heavy atom. The largest absolute Gasteiger partial charge is 0.497 e. The highest BCUT2D eigenvalue weighted by Crippen LogP contribution is 2.29. The number of guanidine groups is 1. The summed E-state index contributed by atoms with van der Waals surface area (Å²) in [6.45, 7) is 2.23. The van der Waals surface area contributed by atoms with Crippen LogP contribution in [0.4, 0.5) is 0 Å². The van der Waals surface area contributed by atoms with Crippen LogP contribution < -0.4 is 25.7 Å². The second-order valence-electron chi connectivity index (χ2n) is 5.03. The first kappa shape index (κ1) is 18.8. The van der Waals surface area contributed by atoms with Crippen LogP contribution in [0.25, 0.3) is 0 Å². The number of hydrogen-bond donors (Lipinski definition) is 2. The van der Waals surface area contributed by atoms with E-state index in [0.717, 1.165) is 0 Å². The molecule has 0 aliphatic heterocycles. The van der Waals surface area contributed by atoms with Crippen molar-refractivity contribution in [1.82, 2.24) is 0 Å². The molecule has 0 saturated heterocycles. The normalized spacial score (nSPS) is 10.4. The van der Waals surface area contributed by atoms with Crippen LogP contribution >= 0.6 is 0 Å². The van der Waals surface area contributed by atoms with Crippen LogP contribution in [0.2, 0.25) is 0 Å². The smallest absolute Gasteiger partial charge is 0.343 e. The number of benzene rings is 2. The Kier molecular flexibility index (Phi) is 6.55. The fraction of sp³-hybridized carbons (Fsp3) is 0.167. The number of hydrogen-bond acceptors (Lipinski definition) is 6. The Bertz CT molecular complexity index is 830. The van der Waals surface area contributed by atoms with E-state index in [1.54, 1.807) is 42.5 Å². The third-order valence-electron chi connectivity index (χ3n) is 3.16. The van der Waals surface area contributed by atoms with Crippen molar-refractivity contribution in [2.45, 2.75) is 6.92 Å². The van der Waals surface area contributed by atoms with Crippen molar-refractivity contribution in [3.63, 3.8) is 0 Å². The van der Waals surface area contributed by atoms with Gasteiger partial charge < -0.3 is 25.7 Å². The van der Waals surface area contributed by atoms with Gasteiger partial charge >= 0.3 is 5.97 Å². The molecule has 0 saturated carbocycles. The molecule has 4 N–H and O–H groups in total. The SMILES string of the molecule is CCOc1cc(C=NN=C(N)N)ccc1OC(=O)c1cccc(OC)c1. The molecule has 2 rings (SSSR count). The van der Waals surface area contributed by atoms with E-state index >= 15 is 0 Å². The van der Waals surface area contributed by atoms with Crippen LogP contribution in [0.3, 0.4) is 0 Å². The van der Waals surface area contributed by atoms with Crippen LogP contribution in [-0.4, -0.2) is 31.9 Å². The molecule has 0 spiro atoms. The number of carbonyl (C=O) groups excluding carboxylic acids is 1. The van der Waals surface area contributed by atoms with Gasteiger partial charge in [-0.25, -0.2) is 4.79 Å². The third kappa shape index (κ3) is 5.23. The molecular weight excluding hydrogens is 336 g/mol. The van der Waals surface area contributed by atoms with Crippen LogP contribution in [0.15, 0.2) is 52.7 Å². The summed E-state index contributed by atoms with van der Waals surface area (Å²) < 4.78 is 16.1. The maximum absolute atomic E-state index is 12.4. The molecule has 136 valence electrons. The highest BCUT2D eigenvalue weighted by atomic mass is 16.6. The topological polar surface area (TPSA) is 122 Å². The van der Waals surface area contributed by atoms with Gasteiger partial charge in [-0.1, -0.05) is 6.07 Å². The van der Waals surface area contributed by atoms with Gasteiger partial charge in [-0.2, -0.15) is 5.10 Å². The van der Waals surface area contributed by atoms with E-state index in [9.17, 15) is 4.79 Å². The number of ether oxygens (including phenoxy) is 3. The number of rotatable bonds is 7. The molecule has 2 aromatic carbocycles. The van der Waals surface area contributed by atoms with Crippen molar-refractivity contribution < 1.29 is 19.0 Å². The number of esters is 1. The standard InChI is InChI=1S/C18H20N4O4/c1-3-25-16-9-12(11-21-22-18(19)20)7-8-15(16)26-17(23)13-5-4-6-14(10-13)24-2/h4-11H,3H2,1-2H3,(H4,19,20,22). The van der Waals surface area contributed by atoms with Crippen LogP contribution in [0.1, 0.15) is 22.8 Å². The van der Waals surface area contributed by atoms with E-state index < -0.39 is 5.97 Å². The Morgan fingerprint density at radius 2 is 1.96 bits per heavy atom. The summed E-state index contributed by atoms with van der Waals surface area (Å²) in [6, 6.07) is 11.7. The predicted octanol–water partition coefficient (Wildman–Crippen LogP) is 1.92. The summed E-state index contributed by atoms with van der Waals surface area (Å²) in [5.41, 5.74) is 11.5. The van der Waals surface area contributed by atoms with E-state index in [-0.39, 0.29) is 5.96 Å². The molecule has 8 nitrogen and oxygen atoms in total. The van der Waals surface area contributed by atoms with E-state index in [4.69, 9.17) is 25.7 Å². The van der Waals surface area contributed by atoms with Crippen molar-refractivity contribution >= 4 is 18.1 Å². The van der Waals surface area contributed by atoms with Crippen LogP contribution in [-0.2, 0) is 0 Å². The summed E-state index contributed by atoms with van der Waals surface area (Å²) in [7, 11) is 1.53. The van der Waals surface area contributed by atoms with E-state index in [1.165, 1.54) is 13.3 Å². The van der Waals surface area contributed by atoms with Gasteiger partial charge in [-0.15, -0.1) is 5.10 Å². The lowest BCUT2D eigenvalue weighted by atomic mass is 10.2. The minimum Gasteiger partial charge on any atom is -0.497 e. The Balaban J connectivity index is 2.23. The summed E-state index contributed by atoms with van der Waals surface area (Å²) in [6.07, 6.45) is 1.45. The van der Waals surface area contributed by atoms with Crippen LogP contribution in [0, 0.1) is 0 Å². The van der Waals surface area contributed by atoms with Crippen molar-refractivity contribution in [2.24, 2.45) is 21.7 Å². The van der Waals surface area contributed by atoms with Crippen LogP contribution in [0.5, 0.6) is 17.2 Å². The first-order chi connectivity index (χ1) is 12.5. The minimum absolute atomic E-state index is 0.143. The molecular formula is C18H20N4O4. The van der Waals surface area contributed by atoms with Crippen molar-refractivity contribution in [3.8, 4) is 17.2 Å². The number of carbonyl (C=O) groups is 1. The fourth-order valence-electron chi connectivity index (χ4n) is 2.03. The average Bonchev–Trinajstić information content (AvgIpc) is 2.63. The Morgan fingerprint density at radius 1 is 1.15 bits per heavy atom. The molecule has 0 aromatic heterocycles. The molecule has 0 unspecified atom stereocenters. The second-order valence-corrected chi connectivity index (χ2v) is 5.03. The zero-order valence-electron chi connectivity index (χ0n) is 14.5. The summed E-state index contributed by atoms with van der Waals surface area (Å²) >= 11 is 0. The zero-order valence-corrected chi connectivity index (χ0v) is 14.5. The summed E-state index contributed by atoms with van der Waals surface area (Å²) in [5.74, 6) is 0.591. The lowest BCUT2D eigenvalue weighted by molar-refractivity contribution is 0.0728. The van der Waals surface area contributed by atoms with E-state index in [0.29, 0.717) is 35.0 Å². The fourth-order valence-corrected chi connectivity index (χ4v) is 2.03. The second kappa shape index (κ2) is 9.07. The summed E-state index contributed by atoms with van der Waals surface area (Å²) in [5, 5.41) is 7.26. The monoisotopic (exact) mass is 356 g/mol. The number of nitrogens with two attached hydrogens (primary N) is 2. The van der Waals surface area contributed by atoms with Gasteiger partial charge in [0.15, 0.2) is 11.5 Å². The van der Waals surface area contributed by atoms with Crippen molar-refractivity contribution in [3.05, 3.63) is 53.6 Å². The number of nitrogens with zero attached hydrogens (tertiary/aromatic N) is 2. The Hall–Kier alpha value is -3.55. The van der Waals surface area contributed by atoms with Gasteiger partial charge in [0.05, 0.1) is 25.5 Å².